The summed E-state index contributed by atoms with van der Waals surface area (Å²) < 4.78 is 5.36. The van der Waals surface area contributed by atoms with Crippen molar-refractivity contribution in [1.29, 1.82) is 0 Å². The lowest BCUT2D eigenvalue weighted by Gasteiger charge is -1.99. The molecular weight excluding hydrogens is 280 g/mol. The van der Waals surface area contributed by atoms with Crippen LogP contribution in [0.2, 0.25) is 0 Å². The maximum absolute atomic E-state index is 12.2. The minimum atomic E-state index is -0.345. The van der Waals surface area contributed by atoms with Crippen molar-refractivity contribution in [1.82, 2.24) is 5.43 Å². The molecule has 108 valence electrons. The van der Waals surface area contributed by atoms with Gasteiger partial charge in [-0.05, 0) is 24.3 Å². The van der Waals surface area contributed by atoms with Gasteiger partial charge >= 0.3 is 0 Å². The summed E-state index contributed by atoms with van der Waals surface area (Å²) in [6, 6.07) is 15.6. The zero-order chi connectivity index (χ0) is 15.4. The average molecular weight is 292 g/mol. The van der Waals surface area contributed by atoms with E-state index in [-0.39, 0.29) is 16.9 Å². The van der Waals surface area contributed by atoms with E-state index in [9.17, 15) is 9.59 Å². The summed E-state index contributed by atoms with van der Waals surface area (Å²) in [5.41, 5.74) is 3.45. The Morgan fingerprint density at radius 1 is 1.05 bits per heavy atom. The van der Waals surface area contributed by atoms with E-state index in [1.807, 2.05) is 6.07 Å². The van der Waals surface area contributed by atoms with E-state index < -0.39 is 0 Å². The first-order valence-corrected chi connectivity index (χ1v) is 6.65. The topological polar surface area (TPSA) is 71.7 Å². The van der Waals surface area contributed by atoms with E-state index in [4.69, 9.17) is 4.42 Å². The Labute approximate surface area is 125 Å². The SMILES string of the molecule is O=C(NN=Cc1coc2ccccc2c1=O)c1ccccc1. The predicted octanol–water partition coefficient (Wildman–Crippen LogP) is 2.56. The van der Waals surface area contributed by atoms with E-state index in [2.05, 4.69) is 10.5 Å². The highest BCUT2D eigenvalue weighted by atomic mass is 16.3. The number of benzene rings is 2. The van der Waals surface area contributed by atoms with E-state index in [0.29, 0.717) is 16.5 Å². The summed E-state index contributed by atoms with van der Waals surface area (Å²) in [7, 11) is 0. The molecule has 0 aliphatic rings. The van der Waals surface area contributed by atoms with Gasteiger partial charge in [0.05, 0.1) is 17.2 Å². The molecule has 0 saturated heterocycles. The van der Waals surface area contributed by atoms with Crippen molar-refractivity contribution in [3.8, 4) is 0 Å². The summed E-state index contributed by atoms with van der Waals surface area (Å²) in [5, 5.41) is 4.27. The fraction of sp³-hybridized carbons (Fsp3) is 0. The number of fused-ring (bicyclic) bond motifs is 1. The average Bonchev–Trinajstić information content (AvgIpc) is 2.58. The summed E-state index contributed by atoms with van der Waals surface area (Å²) >= 11 is 0. The minimum absolute atomic E-state index is 0.195. The van der Waals surface area contributed by atoms with Crippen LogP contribution in [0.3, 0.4) is 0 Å². The number of carbonyl (C=O) groups excluding carboxylic acids is 1. The number of para-hydroxylation sites is 1. The number of hydrogen-bond acceptors (Lipinski definition) is 4. The molecular formula is C17H12N2O3. The molecule has 1 amide bonds. The van der Waals surface area contributed by atoms with Crippen molar-refractivity contribution >= 4 is 23.1 Å². The van der Waals surface area contributed by atoms with Crippen LogP contribution in [-0.4, -0.2) is 12.1 Å². The van der Waals surface area contributed by atoms with Crippen LogP contribution in [-0.2, 0) is 0 Å². The monoisotopic (exact) mass is 292 g/mol. The number of rotatable bonds is 3. The molecule has 1 heterocycles. The maximum Gasteiger partial charge on any atom is 0.271 e. The molecule has 0 bridgehead atoms. The van der Waals surface area contributed by atoms with Gasteiger partial charge in [0.1, 0.15) is 11.8 Å². The second-order valence-corrected chi connectivity index (χ2v) is 4.58. The highest BCUT2D eigenvalue weighted by molar-refractivity contribution is 5.95. The van der Waals surface area contributed by atoms with Crippen LogP contribution < -0.4 is 10.9 Å². The molecule has 0 fully saturated rings. The Kier molecular flexibility index (Phi) is 3.78. The molecule has 22 heavy (non-hydrogen) atoms. The second kappa shape index (κ2) is 6.05. The van der Waals surface area contributed by atoms with Crippen LogP contribution in [0.5, 0.6) is 0 Å². The van der Waals surface area contributed by atoms with Gasteiger partial charge in [0.15, 0.2) is 0 Å². The fourth-order valence-electron chi connectivity index (χ4n) is 2.00. The van der Waals surface area contributed by atoms with Crippen LogP contribution in [0.15, 0.2) is 75.2 Å². The van der Waals surface area contributed by atoms with Crippen molar-refractivity contribution in [3.05, 3.63) is 82.2 Å². The first-order valence-electron chi connectivity index (χ1n) is 6.65. The lowest BCUT2D eigenvalue weighted by Crippen LogP contribution is -2.18. The summed E-state index contributed by atoms with van der Waals surface area (Å²) in [6.07, 6.45) is 2.60. The molecule has 0 aliphatic carbocycles. The van der Waals surface area contributed by atoms with Gasteiger partial charge in [-0.3, -0.25) is 9.59 Å². The second-order valence-electron chi connectivity index (χ2n) is 4.58. The van der Waals surface area contributed by atoms with Gasteiger partial charge in [-0.1, -0.05) is 30.3 Å². The smallest absolute Gasteiger partial charge is 0.271 e. The molecule has 1 aromatic heterocycles. The van der Waals surface area contributed by atoms with Gasteiger partial charge in [-0.2, -0.15) is 5.10 Å². The third-order valence-corrected chi connectivity index (χ3v) is 3.11. The Morgan fingerprint density at radius 3 is 2.59 bits per heavy atom. The van der Waals surface area contributed by atoms with Gasteiger partial charge in [-0.25, -0.2) is 5.43 Å². The molecule has 0 spiro atoms. The molecule has 0 aliphatic heterocycles. The van der Waals surface area contributed by atoms with Crippen LogP contribution in [0.25, 0.3) is 11.0 Å². The molecule has 0 atom stereocenters. The van der Waals surface area contributed by atoms with Gasteiger partial charge in [0.2, 0.25) is 5.43 Å². The van der Waals surface area contributed by atoms with Crippen molar-refractivity contribution in [2.24, 2.45) is 5.10 Å². The number of hydrazone groups is 1. The number of carbonyl (C=O) groups is 1. The molecule has 5 heteroatoms. The standard InChI is InChI=1S/C17H12N2O3/c20-16-13(11-22-15-9-5-4-8-14(15)16)10-18-19-17(21)12-6-2-1-3-7-12/h1-11H,(H,19,21). The summed E-state index contributed by atoms with van der Waals surface area (Å²) in [5.74, 6) is -0.345. The first kappa shape index (κ1) is 13.8. The molecule has 3 rings (SSSR count). The zero-order valence-corrected chi connectivity index (χ0v) is 11.5. The van der Waals surface area contributed by atoms with Crippen molar-refractivity contribution < 1.29 is 9.21 Å². The lowest BCUT2D eigenvalue weighted by atomic mass is 10.2. The molecule has 3 aromatic rings. The Bertz CT molecular complexity index is 898. The fourth-order valence-corrected chi connectivity index (χ4v) is 2.00. The van der Waals surface area contributed by atoms with Gasteiger partial charge in [-0.15, -0.1) is 0 Å². The highest BCUT2D eigenvalue weighted by Gasteiger charge is 2.05. The van der Waals surface area contributed by atoms with Crippen LogP contribution in [0, 0.1) is 0 Å². The first-order chi connectivity index (χ1) is 10.8. The van der Waals surface area contributed by atoms with Crippen molar-refractivity contribution in [2.75, 3.05) is 0 Å². The van der Waals surface area contributed by atoms with Crippen LogP contribution in [0.4, 0.5) is 0 Å². The van der Waals surface area contributed by atoms with E-state index in [0.717, 1.165) is 0 Å². The molecule has 0 saturated carbocycles. The van der Waals surface area contributed by atoms with Crippen LogP contribution in [0.1, 0.15) is 15.9 Å². The summed E-state index contributed by atoms with van der Waals surface area (Å²) in [6.45, 7) is 0. The third-order valence-electron chi connectivity index (χ3n) is 3.11. The quantitative estimate of drug-likeness (QED) is 0.595. The van der Waals surface area contributed by atoms with Gasteiger partial charge in [0.25, 0.3) is 5.91 Å². The molecule has 1 N–H and O–H groups in total. The largest absolute Gasteiger partial charge is 0.463 e. The van der Waals surface area contributed by atoms with Gasteiger partial charge < -0.3 is 4.42 Å². The Morgan fingerprint density at radius 2 is 1.77 bits per heavy atom. The lowest BCUT2D eigenvalue weighted by molar-refractivity contribution is 0.0955. The molecule has 0 radical (unpaired) electrons. The predicted molar refractivity (Wildman–Crippen MR) is 84.0 cm³/mol. The molecule has 5 nitrogen and oxygen atoms in total. The summed E-state index contributed by atoms with van der Waals surface area (Å²) in [4.78, 5) is 24.0. The van der Waals surface area contributed by atoms with Crippen molar-refractivity contribution in [2.45, 2.75) is 0 Å². The van der Waals surface area contributed by atoms with E-state index in [1.165, 1.54) is 12.5 Å². The number of nitrogens with one attached hydrogen (secondary N) is 1. The Hall–Kier alpha value is -3.21. The number of hydrogen-bond donors (Lipinski definition) is 1. The maximum atomic E-state index is 12.2. The van der Waals surface area contributed by atoms with E-state index in [1.54, 1.807) is 48.5 Å². The zero-order valence-electron chi connectivity index (χ0n) is 11.5. The Balaban J connectivity index is 1.80. The molecule has 2 aromatic carbocycles. The number of nitrogens with zero attached hydrogens (tertiary/aromatic N) is 1. The van der Waals surface area contributed by atoms with Crippen LogP contribution >= 0.6 is 0 Å². The highest BCUT2D eigenvalue weighted by Crippen LogP contribution is 2.09. The van der Waals surface area contributed by atoms with Gasteiger partial charge in [0, 0.05) is 5.56 Å². The van der Waals surface area contributed by atoms with E-state index >= 15 is 0 Å². The minimum Gasteiger partial charge on any atom is -0.463 e. The number of amides is 1. The molecule has 0 unspecified atom stereocenters. The van der Waals surface area contributed by atoms with Crippen molar-refractivity contribution in [3.63, 3.8) is 0 Å². The third kappa shape index (κ3) is 2.78. The normalized spacial score (nSPS) is 10.9.